The molecule has 6 nitrogen and oxygen atoms in total. The maximum absolute atomic E-state index is 12.1. The summed E-state index contributed by atoms with van der Waals surface area (Å²) in [5.74, 6) is 0.927. The van der Waals surface area contributed by atoms with Crippen LogP contribution in [0.1, 0.15) is 28.8 Å². The van der Waals surface area contributed by atoms with E-state index in [4.69, 9.17) is 14.2 Å². The van der Waals surface area contributed by atoms with Crippen LogP contribution < -0.4 is 14.8 Å². The van der Waals surface area contributed by atoms with Crippen molar-refractivity contribution < 1.29 is 23.8 Å². The minimum Gasteiger partial charge on any atom is -0.497 e. The number of esters is 1. The molecule has 0 aliphatic rings. The van der Waals surface area contributed by atoms with Gasteiger partial charge in [-0.2, -0.15) is 0 Å². The number of carbonyl (C=O) groups excluding carboxylic acids is 2. The van der Waals surface area contributed by atoms with Crippen molar-refractivity contribution in [3.05, 3.63) is 53.6 Å². The van der Waals surface area contributed by atoms with E-state index in [1.807, 2.05) is 31.2 Å². The molecular weight excluding hydrogens is 334 g/mol. The van der Waals surface area contributed by atoms with Crippen molar-refractivity contribution in [3.63, 3.8) is 0 Å². The number of amides is 1. The smallest absolute Gasteiger partial charge is 0.337 e. The van der Waals surface area contributed by atoms with Crippen molar-refractivity contribution >= 4 is 17.6 Å². The molecule has 0 heterocycles. The van der Waals surface area contributed by atoms with E-state index in [0.717, 1.165) is 17.1 Å². The van der Waals surface area contributed by atoms with Gasteiger partial charge in [0.2, 0.25) is 5.91 Å². The first-order valence-electron chi connectivity index (χ1n) is 8.29. The summed E-state index contributed by atoms with van der Waals surface area (Å²) in [6.45, 7) is 2.30. The van der Waals surface area contributed by atoms with Crippen LogP contribution in [0.5, 0.6) is 11.5 Å². The molecule has 0 atom stereocenters. The highest BCUT2D eigenvalue weighted by atomic mass is 16.5. The lowest BCUT2D eigenvalue weighted by atomic mass is 10.1. The Bertz CT molecular complexity index is 755. The van der Waals surface area contributed by atoms with Crippen molar-refractivity contribution in [2.24, 2.45) is 0 Å². The van der Waals surface area contributed by atoms with Gasteiger partial charge in [-0.15, -0.1) is 0 Å². The first-order chi connectivity index (χ1) is 12.5. The molecule has 0 bridgehead atoms. The highest BCUT2D eigenvalue weighted by molar-refractivity contribution is 5.95. The van der Waals surface area contributed by atoms with Gasteiger partial charge in [-0.3, -0.25) is 4.79 Å². The van der Waals surface area contributed by atoms with Gasteiger partial charge in [-0.1, -0.05) is 6.07 Å². The quantitative estimate of drug-likeness (QED) is 0.577. The first kappa shape index (κ1) is 19.3. The molecule has 0 saturated heterocycles. The van der Waals surface area contributed by atoms with Crippen LogP contribution in [0.3, 0.4) is 0 Å². The third-order valence-corrected chi connectivity index (χ3v) is 3.81. The number of anilines is 1. The first-order valence-corrected chi connectivity index (χ1v) is 8.29. The van der Waals surface area contributed by atoms with E-state index >= 15 is 0 Å². The molecule has 138 valence electrons. The summed E-state index contributed by atoms with van der Waals surface area (Å²) in [5.41, 5.74) is 1.88. The van der Waals surface area contributed by atoms with Gasteiger partial charge in [0.15, 0.2) is 0 Å². The summed E-state index contributed by atoms with van der Waals surface area (Å²) >= 11 is 0. The standard InChI is InChI=1S/C20H23NO5/c1-14-6-7-15(20(23)25-3)13-18(14)21-19(22)5-4-12-26-17-10-8-16(24-2)9-11-17/h6-11,13H,4-5,12H2,1-3H3,(H,21,22). The number of rotatable bonds is 8. The van der Waals surface area contributed by atoms with E-state index < -0.39 is 5.97 Å². The molecule has 0 aromatic heterocycles. The van der Waals surface area contributed by atoms with E-state index in [2.05, 4.69) is 5.32 Å². The fourth-order valence-corrected chi connectivity index (χ4v) is 2.31. The summed E-state index contributed by atoms with van der Waals surface area (Å²) in [5, 5.41) is 2.82. The molecule has 0 fully saturated rings. The minimum atomic E-state index is -0.437. The second-order valence-corrected chi connectivity index (χ2v) is 5.70. The highest BCUT2D eigenvalue weighted by Gasteiger charge is 2.10. The molecule has 0 aliphatic carbocycles. The summed E-state index contributed by atoms with van der Waals surface area (Å²) in [7, 11) is 2.93. The number of ether oxygens (including phenoxy) is 3. The molecule has 2 aromatic carbocycles. The van der Waals surface area contributed by atoms with Gasteiger partial charge < -0.3 is 19.5 Å². The number of nitrogens with one attached hydrogen (secondary N) is 1. The zero-order valence-corrected chi connectivity index (χ0v) is 15.2. The number of benzene rings is 2. The minimum absolute atomic E-state index is 0.131. The molecule has 1 amide bonds. The fourth-order valence-electron chi connectivity index (χ4n) is 2.31. The fraction of sp³-hybridized carbons (Fsp3) is 0.300. The summed E-state index contributed by atoms with van der Waals surface area (Å²) in [6, 6.07) is 12.3. The Hall–Kier alpha value is -3.02. The Balaban J connectivity index is 1.80. The number of hydrogen-bond acceptors (Lipinski definition) is 5. The van der Waals surface area contributed by atoms with E-state index in [0.29, 0.717) is 30.7 Å². The maximum atomic E-state index is 12.1. The predicted octanol–water partition coefficient (Wildman–Crippen LogP) is 3.59. The number of hydrogen-bond donors (Lipinski definition) is 1. The second-order valence-electron chi connectivity index (χ2n) is 5.70. The summed E-state index contributed by atoms with van der Waals surface area (Å²) in [6.07, 6.45) is 0.894. The van der Waals surface area contributed by atoms with Gasteiger partial charge in [0.05, 0.1) is 26.4 Å². The Morgan fingerprint density at radius 2 is 1.69 bits per heavy atom. The SMILES string of the molecule is COC(=O)c1ccc(C)c(NC(=O)CCCOc2ccc(OC)cc2)c1. The van der Waals surface area contributed by atoms with Crippen molar-refractivity contribution in [1.82, 2.24) is 0 Å². The van der Waals surface area contributed by atoms with E-state index in [9.17, 15) is 9.59 Å². The lowest BCUT2D eigenvalue weighted by molar-refractivity contribution is -0.116. The van der Waals surface area contributed by atoms with Crippen LogP contribution in [0.15, 0.2) is 42.5 Å². The molecule has 1 N–H and O–H groups in total. The van der Waals surface area contributed by atoms with E-state index in [1.54, 1.807) is 25.3 Å². The molecule has 6 heteroatoms. The second kappa shape index (κ2) is 9.46. The van der Waals surface area contributed by atoms with E-state index in [1.165, 1.54) is 7.11 Å². The molecule has 26 heavy (non-hydrogen) atoms. The van der Waals surface area contributed by atoms with Crippen LogP contribution in [0, 0.1) is 6.92 Å². The number of methoxy groups -OCH3 is 2. The number of carbonyl (C=O) groups is 2. The summed E-state index contributed by atoms with van der Waals surface area (Å²) in [4.78, 5) is 23.7. The molecule has 0 radical (unpaired) electrons. The zero-order chi connectivity index (χ0) is 18.9. The van der Waals surface area contributed by atoms with Crippen molar-refractivity contribution in [2.45, 2.75) is 19.8 Å². The van der Waals surface area contributed by atoms with Crippen LogP contribution >= 0.6 is 0 Å². The lowest BCUT2D eigenvalue weighted by Crippen LogP contribution is -2.14. The van der Waals surface area contributed by atoms with Crippen LogP contribution in [0.2, 0.25) is 0 Å². The predicted molar refractivity (Wildman–Crippen MR) is 98.9 cm³/mol. The Morgan fingerprint density at radius 3 is 2.35 bits per heavy atom. The van der Waals surface area contributed by atoms with E-state index in [-0.39, 0.29) is 5.91 Å². The van der Waals surface area contributed by atoms with Crippen LogP contribution in [-0.2, 0) is 9.53 Å². The maximum Gasteiger partial charge on any atom is 0.337 e. The van der Waals surface area contributed by atoms with Gasteiger partial charge in [-0.05, 0) is 55.3 Å². The molecule has 2 aromatic rings. The Kier molecular flexibility index (Phi) is 7.02. The van der Waals surface area contributed by atoms with Gasteiger partial charge in [0.1, 0.15) is 11.5 Å². The molecule has 2 rings (SSSR count). The Morgan fingerprint density at radius 1 is 1.00 bits per heavy atom. The zero-order valence-electron chi connectivity index (χ0n) is 15.2. The van der Waals surface area contributed by atoms with Gasteiger partial charge in [0.25, 0.3) is 0 Å². The topological polar surface area (TPSA) is 73.9 Å². The molecule has 0 spiro atoms. The van der Waals surface area contributed by atoms with Crippen molar-refractivity contribution in [3.8, 4) is 11.5 Å². The Labute approximate surface area is 153 Å². The van der Waals surface area contributed by atoms with Gasteiger partial charge >= 0.3 is 5.97 Å². The largest absolute Gasteiger partial charge is 0.497 e. The van der Waals surface area contributed by atoms with Crippen LogP contribution in [0.25, 0.3) is 0 Å². The summed E-state index contributed by atoms with van der Waals surface area (Å²) < 4.78 is 15.4. The highest BCUT2D eigenvalue weighted by Crippen LogP contribution is 2.19. The monoisotopic (exact) mass is 357 g/mol. The third kappa shape index (κ3) is 5.51. The molecular formula is C20H23NO5. The molecule has 0 aliphatic heterocycles. The number of aryl methyl sites for hydroxylation is 1. The average molecular weight is 357 g/mol. The van der Waals surface area contributed by atoms with Gasteiger partial charge in [-0.25, -0.2) is 4.79 Å². The van der Waals surface area contributed by atoms with Crippen LogP contribution in [0.4, 0.5) is 5.69 Å². The van der Waals surface area contributed by atoms with Gasteiger partial charge in [0, 0.05) is 12.1 Å². The van der Waals surface area contributed by atoms with Crippen molar-refractivity contribution in [2.75, 3.05) is 26.1 Å². The molecule has 0 saturated carbocycles. The van der Waals surface area contributed by atoms with Crippen LogP contribution in [-0.4, -0.2) is 32.7 Å². The third-order valence-electron chi connectivity index (χ3n) is 3.81. The normalized spacial score (nSPS) is 10.1. The lowest BCUT2D eigenvalue weighted by Gasteiger charge is -2.10. The molecule has 0 unspecified atom stereocenters. The average Bonchev–Trinajstić information content (AvgIpc) is 2.66. The van der Waals surface area contributed by atoms with Crippen molar-refractivity contribution in [1.29, 1.82) is 0 Å².